The molecule has 3 aromatic heterocycles. The van der Waals surface area contributed by atoms with Gasteiger partial charge in [0, 0.05) is 17.1 Å². The number of rotatable bonds is 4. The molecule has 0 spiro atoms. The number of nitrogens with zero attached hydrogens (tertiary/aromatic N) is 4. The second kappa shape index (κ2) is 6.87. The van der Waals surface area contributed by atoms with Gasteiger partial charge in [-0.05, 0) is 53.4 Å². The summed E-state index contributed by atoms with van der Waals surface area (Å²) in [6, 6.07) is 20.9. The first kappa shape index (κ1) is 17.1. The third-order valence-electron chi connectivity index (χ3n) is 4.85. The van der Waals surface area contributed by atoms with Crippen LogP contribution in [-0.4, -0.2) is 32.1 Å². The summed E-state index contributed by atoms with van der Waals surface area (Å²) >= 11 is 0. The molecule has 0 saturated heterocycles. The van der Waals surface area contributed by atoms with E-state index < -0.39 is 0 Å². The van der Waals surface area contributed by atoms with Crippen molar-refractivity contribution in [2.24, 2.45) is 0 Å². The van der Waals surface area contributed by atoms with Crippen LogP contribution < -0.4 is 10.3 Å². The van der Waals surface area contributed by atoms with Crippen molar-refractivity contribution in [3.05, 3.63) is 82.6 Å². The molecule has 0 radical (unpaired) electrons. The second-order valence-corrected chi connectivity index (χ2v) is 6.76. The number of fused-ring (bicyclic) bond motifs is 2. The fraction of sp³-hybridized carbons (Fsp3) is 0.0909. The molecule has 29 heavy (non-hydrogen) atoms. The van der Waals surface area contributed by atoms with Gasteiger partial charge in [0.25, 0.3) is 0 Å². The second-order valence-electron chi connectivity index (χ2n) is 6.76. The number of methoxy groups -OCH3 is 1. The zero-order chi connectivity index (χ0) is 19.8. The molecule has 7 heteroatoms. The van der Waals surface area contributed by atoms with Gasteiger partial charge in [0.15, 0.2) is 5.65 Å². The Labute approximate surface area is 165 Å². The normalized spacial score (nSPS) is 11.2. The number of hydrogen-bond donors (Lipinski definition) is 1. The van der Waals surface area contributed by atoms with Crippen LogP contribution in [0.5, 0.6) is 5.75 Å². The highest BCUT2D eigenvalue weighted by atomic mass is 16.5. The van der Waals surface area contributed by atoms with E-state index in [0.29, 0.717) is 12.2 Å². The van der Waals surface area contributed by atoms with E-state index >= 15 is 0 Å². The van der Waals surface area contributed by atoms with Crippen LogP contribution in [0, 0.1) is 0 Å². The van der Waals surface area contributed by atoms with E-state index in [1.165, 1.54) is 6.07 Å². The highest BCUT2D eigenvalue weighted by Gasteiger charge is 2.10. The van der Waals surface area contributed by atoms with Crippen LogP contribution in [0.4, 0.5) is 0 Å². The van der Waals surface area contributed by atoms with E-state index in [1.807, 2.05) is 60.7 Å². The molecule has 1 N–H and O–H groups in total. The van der Waals surface area contributed by atoms with E-state index in [-0.39, 0.29) is 5.56 Å². The molecule has 0 aliphatic heterocycles. The summed E-state index contributed by atoms with van der Waals surface area (Å²) in [5.74, 6) is 0.783. The molecule has 2 aromatic carbocycles. The number of nitrogens with one attached hydrogen (secondary N) is 1. The number of aromatic amines is 1. The Morgan fingerprint density at radius 2 is 1.97 bits per heavy atom. The maximum Gasteiger partial charge on any atom is 0.248 e. The molecule has 0 unspecified atom stereocenters. The predicted molar refractivity (Wildman–Crippen MR) is 111 cm³/mol. The minimum Gasteiger partial charge on any atom is -0.497 e. The van der Waals surface area contributed by atoms with Crippen molar-refractivity contribution < 1.29 is 4.74 Å². The molecule has 5 rings (SSSR count). The highest BCUT2D eigenvalue weighted by Crippen LogP contribution is 2.24. The number of hydrogen-bond acceptors (Lipinski definition) is 5. The molecular weight excluding hydrogens is 366 g/mol. The summed E-state index contributed by atoms with van der Waals surface area (Å²) in [6.07, 6.45) is 0. The molecule has 0 saturated carbocycles. The van der Waals surface area contributed by atoms with E-state index in [1.54, 1.807) is 11.8 Å². The molecule has 142 valence electrons. The standard InChI is InChI=1S/C22H17N5O2/c1-29-17-4-2-3-15(12-17)19-8-9-20-22(24-19)27(26-25-20)13-14-5-7-18-16(11-14)6-10-21(28)23-18/h2-12H,13H2,1H3,(H,23,28). The lowest BCUT2D eigenvalue weighted by Crippen LogP contribution is -2.05. The van der Waals surface area contributed by atoms with Crippen LogP contribution in [-0.2, 0) is 6.54 Å². The fourth-order valence-electron chi connectivity index (χ4n) is 3.38. The smallest absolute Gasteiger partial charge is 0.248 e. The summed E-state index contributed by atoms with van der Waals surface area (Å²) in [5.41, 5.74) is 4.99. The third kappa shape index (κ3) is 3.23. The predicted octanol–water partition coefficient (Wildman–Crippen LogP) is 3.39. The maximum absolute atomic E-state index is 11.5. The Morgan fingerprint density at radius 1 is 1.03 bits per heavy atom. The van der Waals surface area contributed by atoms with Gasteiger partial charge >= 0.3 is 0 Å². The zero-order valence-electron chi connectivity index (χ0n) is 15.7. The lowest BCUT2D eigenvalue weighted by Gasteiger charge is -2.06. The minimum absolute atomic E-state index is 0.109. The summed E-state index contributed by atoms with van der Waals surface area (Å²) in [6.45, 7) is 0.528. The van der Waals surface area contributed by atoms with Crippen molar-refractivity contribution in [1.29, 1.82) is 0 Å². The van der Waals surface area contributed by atoms with Gasteiger partial charge in [-0.3, -0.25) is 4.79 Å². The fourth-order valence-corrected chi connectivity index (χ4v) is 3.38. The van der Waals surface area contributed by atoms with Crippen molar-refractivity contribution in [2.45, 2.75) is 6.54 Å². The first-order valence-corrected chi connectivity index (χ1v) is 9.16. The third-order valence-corrected chi connectivity index (χ3v) is 4.85. The van der Waals surface area contributed by atoms with Crippen LogP contribution in [0.3, 0.4) is 0 Å². The number of benzene rings is 2. The molecule has 5 aromatic rings. The molecule has 0 atom stereocenters. The molecule has 0 aliphatic carbocycles. The SMILES string of the molecule is COc1cccc(-c2ccc3nnn(Cc4ccc5[nH]c(=O)ccc5c4)c3n2)c1. The molecular formula is C22H17N5O2. The number of pyridine rings is 2. The van der Waals surface area contributed by atoms with Crippen LogP contribution in [0.2, 0.25) is 0 Å². The number of ether oxygens (including phenoxy) is 1. The molecule has 0 amide bonds. The first-order valence-electron chi connectivity index (χ1n) is 9.16. The van der Waals surface area contributed by atoms with E-state index in [4.69, 9.17) is 9.72 Å². The van der Waals surface area contributed by atoms with Gasteiger partial charge in [-0.2, -0.15) is 0 Å². The van der Waals surface area contributed by atoms with E-state index in [2.05, 4.69) is 15.3 Å². The van der Waals surface area contributed by atoms with E-state index in [0.717, 1.165) is 39.0 Å². The van der Waals surface area contributed by atoms with Gasteiger partial charge in [0.05, 0.1) is 19.3 Å². The Bertz CT molecular complexity index is 1400. The van der Waals surface area contributed by atoms with Gasteiger partial charge in [-0.25, -0.2) is 9.67 Å². The minimum atomic E-state index is -0.109. The topological polar surface area (TPSA) is 85.7 Å². The Morgan fingerprint density at radius 3 is 2.86 bits per heavy atom. The van der Waals surface area contributed by atoms with Crippen molar-refractivity contribution in [2.75, 3.05) is 7.11 Å². The number of aromatic nitrogens is 5. The molecule has 0 fully saturated rings. The van der Waals surface area contributed by atoms with Gasteiger partial charge in [0.2, 0.25) is 5.56 Å². The van der Waals surface area contributed by atoms with Gasteiger partial charge < -0.3 is 9.72 Å². The van der Waals surface area contributed by atoms with Gasteiger partial charge in [0.1, 0.15) is 11.3 Å². The summed E-state index contributed by atoms with van der Waals surface area (Å²) in [5, 5.41) is 9.48. The maximum atomic E-state index is 11.5. The largest absolute Gasteiger partial charge is 0.497 e. The quantitative estimate of drug-likeness (QED) is 0.514. The van der Waals surface area contributed by atoms with Crippen molar-refractivity contribution in [3.63, 3.8) is 0 Å². The highest BCUT2D eigenvalue weighted by molar-refractivity contribution is 5.79. The molecule has 3 heterocycles. The Balaban J connectivity index is 1.53. The zero-order valence-corrected chi connectivity index (χ0v) is 15.7. The van der Waals surface area contributed by atoms with Crippen molar-refractivity contribution in [3.8, 4) is 17.0 Å². The average Bonchev–Trinajstić information content (AvgIpc) is 3.16. The summed E-state index contributed by atoms with van der Waals surface area (Å²) in [7, 11) is 1.65. The summed E-state index contributed by atoms with van der Waals surface area (Å²) in [4.78, 5) is 19.1. The molecule has 0 bridgehead atoms. The van der Waals surface area contributed by atoms with Crippen LogP contribution in [0.15, 0.2) is 71.5 Å². The number of H-pyrrole nitrogens is 1. The van der Waals surface area contributed by atoms with Crippen molar-refractivity contribution in [1.82, 2.24) is 25.0 Å². The van der Waals surface area contributed by atoms with Crippen LogP contribution >= 0.6 is 0 Å². The summed E-state index contributed by atoms with van der Waals surface area (Å²) < 4.78 is 7.10. The van der Waals surface area contributed by atoms with Crippen LogP contribution in [0.25, 0.3) is 33.3 Å². The molecule has 7 nitrogen and oxygen atoms in total. The average molecular weight is 383 g/mol. The first-order chi connectivity index (χ1) is 14.2. The monoisotopic (exact) mass is 383 g/mol. The lowest BCUT2D eigenvalue weighted by atomic mass is 10.1. The lowest BCUT2D eigenvalue weighted by molar-refractivity contribution is 0.415. The van der Waals surface area contributed by atoms with Crippen LogP contribution in [0.1, 0.15) is 5.56 Å². The van der Waals surface area contributed by atoms with Gasteiger partial charge in [-0.15, -0.1) is 5.10 Å². The van der Waals surface area contributed by atoms with E-state index in [9.17, 15) is 4.79 Å². The van der Waals surface area contributed by atoms with Gasteiger partial charge in [-0.1, -0.05) is 23.4 Å². The Hall–Kier alpha value is -4.00. The molecule has 0 aliphatic rings. The Kier molecular flexibility index (Phi) is 4.05. The van der Waals surface area contributed by atoms with Crippen molar-refractivity contribution >= 4 is 22.1 Å².